The lowest BCUT2D eigenvalue weighted by atomic mass is 9.96. The fourth-order valence-electron chi connectivity index (χ4n) is 2.34. The van der Waals surface area contributed by atoms with Gasteiger partial charge in [-0.15, -0.1) is 0 Å². The van der Waals surface area contributed by atoms with Crippen LogP contribution in [0.5, 0.6) is 0 Å². The molecule has 1 aromatic rings. The first-order valence-corrected chi connectivity index (χ1v) is 9.37. The van der Waals surface area contributed by atoms with Gasteiger partial charge >= 0.3 is 0 Å². The Labute approximate surface area is 124 Å². The van der Waals surface area contributed by atoms with Crippen LogP contribution >= 0.6 is 11.8 Å². The number of anilines is 1. The third kappa shape index (κ3) is 3.83. The maximum Gasteiger partial charge on any atom is 0.243 e. The summed E-state index contributed by atoms with van der Waals surface area (Å²) in [6, 6.07) is 0.00942. The molecule has 20 heavy (non-hydrogen) atoms. The van der Waals surface area contributed by atoms with E-state index < -0.39 is 10.0 Å². The van der Waals surface area contributed by atoms with E-state index in [2.05, 4.69) is 26.3 Å². The number of nitrogens with zero attached hydrogens (tertiary/aromatic N) is 2. The standard InChI is InChI=1S/C12H20N4O2S2/c1-13-12-14-7-11(8-15-12)20(17,18)16-9-4-3-5-10(6-9)19-2/h7-10,16H,3-6H2,1-2H3,(H,13,14,15). The van der Waals surface area contributed by atoms with E-state index in [1.54, 1.807) is 7.05 Å². The summed E-state index contributed by atoms with van der Waals surface area (Å²) in [7, 11) is -1.84. The zero-order valence-electron chi connectivity index (χ0n) is 11.7. The van der Waals surface area contributed by atoms with Gasteiger partial charge in [-0.25, -0.2) is 23.1 Å². The van der Waals surface area contributed by atoms with Crippen molar-refractivity contribution in [2.24, 2.45) is 0 Å². The first-order chi connectivity index (χ1) is 9.55. The number of hydrogen-bond donors (Lipinski definition) is 2. The molecular weight excluding hydrogens is 296 g/mol. The smallest absolute Gasteiger partial charge is 0.243 e. The fraction of sp³-hybridized carbons (Fsp3) is 0.667. The van der Waals surface area contributed by atoms with Crippen LogP contribution in [0.1, 0.15) is 25.7 Å². The maximum atomic E-state index is 12.3. The second-order valence-corrected chi connectivity index (χ2v) is 7.69. The van der Waals surface area contributed by atoms with Crippen LogP contribution in [0.25, 0.3) is 0 Å². The van der Waals surface area contributed by atoms with Crippen molar-refractivity contribution < 1.29 is 8.42 Å². The predicted molar refractivity (Wildman–Crippen MR) is 81.5 cm³/mol. The number of sulfonamides is 1. The molecule has 1 aromatic heterocycles. The minimum absolute atomic E-state index is 0.00942. The Hall–Kier alpha value is -0.860. The van der Waals surface area contributed by atoms with Crippen LogP contribution in [0, 0.1) is 0 Å². The Morgan fingerprint density at radius 2 is 2.00 bits per heavy atom. The number of thioether (sulfide) groups is 1. The van der Waals surface area contributed by atoms with Gasteiger partial charge in [0.15, 0.2) is 0 Å². The fourth-order valence-corrected chi connectivity index (χ4v) is 4.34. The van der Waals surface area contributed by atoms with Crippen LogP contribution in [0.2, 0.25) is 0 Å². The molecule has 0 radical (unpaired) electrons. The highest BCUT2D eigenvalue weighted by atomic mass is 32.2. The lowest BCUT2D eigenvalue weighted by Gasteiger charge is -2.28. The second-order valence-electron chi connectivity index (χ2n) is 4.83. The molecule has 1 aliphatic carbocycles. The topological polar surface area (TPSA) is 84.0 Å². The van der Waals surface area contributed by atoms with Crippen molar-refractivity contribution in [2.75, 3.05) is 18.6 Å². The van der Waals surface area contributed by atoms with E-state index in [0.29, 0.717) is 11.2 Å². The minimum atomic E-state index is -3.53. The maximum absolute atomic E-state index is 12.3. The molecule has 0 spiro atoms. The van der Waals surface area contributed by atoms with Crippen molar-refractivity contribution in [3.05, 3.63) is 12.4 Å². The van der Waals surface area contributed by atoms with Gasteiger partial charge in [0.25, 0.3) is 0 Å². The molecule has 2 N–H and O–H groups in total. The Kier molecular flexibility index (Phi) is 5.22. The van der Waals surface area contributed by atoms with Gasteiger partial charge in [-0.2, -0.15) is 11.8 Å². The first kappa shape index (κ1) is 15.5. The highest BCUT2D eigenvalue weighted by molar-refractivity contribution is 7.99. The predicted octanol–water partition coefficient (Wildman–Crippen LogP) is 1.47. The summed E-state index contributed by atoms with van der Waals surface area (Å²) < 4.78 is 27.3. The molecule has 112 valence electrons. The van der Waals surface area contributed by atoms with E-state index >= 15 is 0 Å². The Balaban J connectivity index is 2.06. The van der Waals surface area contributed by atoms with Crippen LogP contribution in [0.15, 0.2) is 17.3 Å². The van der Waals surface area contributed by atoms with Gasteiger partial charge in [0.1, 0.15) is 4.90 Å². The quantitative estimate of drug-likeness (QED) is 0.856. The molecule has 2 atom stereocenters. The van der Waals surface area contributed by atoms with E-state index in [0.717, 1.165) is 19.3 Å². The zero-order chi connectivity index (χ0) is 14.6. The number of rotatable bonds is 5. The van der Waals surface area contributed by atoms with Crippen molar-refractivity contribution in [3.8, 4) is 0 Å². The van der Waals surface area contributed by atoms with Crippen LogP contribution in [0.4, 0.5) is 5.95 Å². The number of hydrogen-bond acceptors (Lipinski definition) is 6. The zero-order valence-corrected chi connectivity index (χ0v) is 13.3. The highest BCUT2D eigenvalue weighted by Crippen LogP contribution is 2.27. The van der Waals surface area contributed by atoms with Gasteiger partial charge < -0.3 is 5.32 Å². The van der Waals surface area contributed by atoms with Crippen molar-refractivity contribution in [1.29, 1.82) is 0 Å². The molecule has 1 aliphatic rings. The normalized spacial score (nSPS) is 23.5. The average Bonchev–Trinajstić information content (AvgIpc) is 2.47. The molecule has 1 heterocycles. The molecule has 1 fully saturated rings. The molecule has 2 rings (SSSR count). The van der Waals surface area contributed by atoms with Crippen LogP contribution in [0.3, 0.4) is 0 Å². The van der Waals surface area contributed by atoms with Gasteiger partial charge in [-0.05, 0) is 25.5 Å². The van der Waals surface area contributed by atoms with Gasteiger partial charge in [-0.1, -0.05) is 6.42 Å². The molecule has 8 heteroatoms. The molecule has 2 unspecified atom stereocenters. The highest BCUT2D eigenvalue weighted by Gasteiger charge is 2.26. The van der Waals surface area contributed by atoms with Gasteiger partial charge in [0, 0.05) is 18.3 Å². The summed E-state index contributed by atoms with van der Waals surface area (Å²) in [4.78, 5) is 8.00. The number of aromatic nitrogens is 2. The van der Waals surface area contributed by atoms with Crippen LogP contribution in [-0.4, -0.2) is 43.0 Å². The minimum Gasteiger partial charge on any atom is -0.357 e. The van der Waals surface area contributed by atoms with Crippen molar-refractivity contribution in [3.63, 3.8) is 0 Å². The Morgan fingerprint density at radius 3 is 2.60 bits per heavy atom. The van der Waals surface area contributed by atoms with E-state index in [1.807, 2.05) is 11.8 Å². The van der Waals surface area contributed by atoms with E-state index in [9.17, 15) is 8.42 Å². The summed E-state index contributed by atoms with van der Waals surface area (Å²) in [5.74, 6) is 0.407. The third-order valence-corrected chi connectivity index (χ3v) is 6.01. The van der Waals surface area contributed by atoms with Gasteiger partial charge in [0.05, 0.1) is 12.4 Å². The van der Waals surface area contributed by atoms with Gasteiger partial charge in [0.2, 0.25) is 16.0 Å². The molecule has 0 bridgehead atoms. The number of nitrogens with one attached hydrogen (secondary N) is 2. The molecule has 0 aromatic carbocycles. The Morgan fingerprint density at radius 1 is 1.30 bits per heavy atom. The summed E-state index contributed by atoms with van der Waals surface area (Å²) in [5.41, 5.74) is 0. The summed E-state index contributed by atoms with van der Waals surface area (Å²) in [6.45, 7) is 0. The van der Waals surface area contributed by atoms with Crippen LogP contribution < -0.4 is 10.0 Å². The van der Waals surface area contributed by atoms with Crippen LogP contribution in [-0.2, 0) is 10.0 Å². The average molecular weight is 316 g/mol. The van der Waals surface area contributed by atoms with E-state index in [1.165, 1.54) is 18.8 Å². The Bertz CT molecular complexity index is 533. The molecule has 6 nitrogen and oxygen atoms in total. The third-order valence-electron chi connectivity index (χ3n) is 3.44. The summed E-state index contributed by atoms with van der Waals surface area (Å²) in [6.07, 6.45) is 8.74. The lowest BCUT2D eigenvalue weighted by molar-refractivity contribution is 0.420. The summed E-state index contributed by atoms with van der Waals surface area (Å²) >= 11 is 1.81. The first-order valence-electron chi connectivity index (χ1n) is 6.60. The van der Waals surface area contributed by atoms with E-state index in [-0.39, 0.29) is 10.9 Å². The molecule has 1 saturated carbocycles. The van der Waals surface area contributed by atoms with Crippen molar-refractivity contribution in [2.45, 2.75) is 41.9 Å². The largest absolute Gasteiger partial charge is 0.357 e. The monoisotopic (exact) mass is 316 g/mol. The molecule has 0 saturated heterocycles. The van der Waals surface area contributed by atoms with Crippen molar-refractivity contribution in [1.82, 2.24) is 14.7 Å². The molecule has 0 amide bonds. The van der Waals surface area contributed by atoms with Gasteiger partial charge in [-0.3, -0.25) is 0 Å². The SMILES string of the molecule is CNc1ncc(S(=O)(=O)NC2CCCC(SC)C2)cn1. The van der Waals surface area contributed by atoms with E-state index in [4.69, 9.17) is 0 Å². The summed E-state index contributed by atoms with van der Waals surface area (Å²) in [5, 5.41) is 3.30. The molecule has 0 aliphatic heterocycles. The lowest BCUT2D eigenvalue weighted by Crippen LogP contribution is -2.39. The second kappa shape index (κ2) is 6.73. The van der Waals surface area contributed by atoms with Crippen molar-refractivity contribution >= 4 is 27.7 Å². The molecular formula is C12H20N4O2S2.